The maximum absolute atomic E-state index is 11.5. The second-order valence-corrected chi connectivity index (χ2v) is 3.29. The molecule has 1 heterocycles. The van der Waals surface area contributed by atoms with Gasteiger partial charge in [-0.25, -0.2) is 0 Å². The fourth-order valence-electron chi connectivity index (χ4n) is 1.00. The van der Waals surface area contributed by atoms with Crippen molar-refractivity contribution in [1.29, 1.82) is 0 Å². The summed E-state index contributed by atoms with van der Waals surface area (Å²) >= 11 is 0. The number of aliphatic imine (C=N–C) groups is 1. The fraction of sp³-hybridized carbons (Fsp3) is 0.364. The van der Waals surface area contributed by atoms with Crippen molar-refractivity contribution in [2.75, 3.05) is 0 Å². The molecule has 1 aromatic heterocycles. The second-order valence-electron chi connectivity index (χ2n) is 3.29. The highest BCUT2D eigenvalue weighted by Crippen LogP contribution is 2.00. The Kier molecular flexibility index (Phi) is 3.98. The highest BCUT2D eigenvalue weighted by atomic mass is 16.1. The van der Waals surface area contributed by atoms with Crippen LogP contribution in [0.25, 0.3) is 0 Å². The third kappa shape index (κ3) is 3.47. The number of Topliss-reactive ketones (excluding diaryl/α,β-unsaturated/α-hetero) is 1. The zero-order chi connectivity index (χ0) is 10.4. The molecule has 0 unspecified atom stereocenters. The first-order valence-electron chi connectivity index (χ1n) is 4.65. The van der Waals surface area contributed by atoms with Gasteiger partial charge in [0.05, 0.1) is 0 Å². The Morgan fingerprint density at radius 2 is 2.14 bits per heavy atom. The molecule has 0 atom stereocenters. The van der Waals surface area contributed by atoms with E-state index in [-0.39, 0.29) is 11.8 Å². The molecule has 3 heteroatoms. The summed E-state index contributed by atoms with van der Waals surface area (Å²) in [5.74, 6) is 0.0804. The molecule has 0 spiro atoms. The van der Waals surface area contributed by atoms with Crippen LogP contribution in [0.3, 0.4) is 0 Å². The molecule has 0 bridgehead atoms. The summed E-state index contributed by atoms with van der Waals surface area (Å²) in [6.07, 6.45) is 5.27. The van der Waals surface area contributed by atoms with E-state index >= 15 is 0 Å². The topological polar surface area (TPSA) is 42.3 Å². The molecule has 0 aliphatic heterocycles. The van der Waals surface area contributed by atoms with E-state index in [2.05, 4.69) is 9.98 Å². The van der Waals surface area contributed by atoms with Gasteiger partial charge in [-0.3, -0.25) is 14.8 Å². The molecule has 0 N–H and O–H groups in total. The number of rotatable bonds is 4. The third-order valence-corrected chi connectivity index (χ3v) is 1.68. The van der Waals surface area contributed by atoms with Crippen LogP contribution in [0.15, 0.2) is 29.5 Å². The number of aromatic nitrogens is 1. The highest BCUT2D eigenvalue weighted by molar-refractivity contribution is 6.03. The Balaban J connectivity index is 2.52. The first kappa shape index (κ1) is 10.6. The normalized spacial score (nSPS) is 11.1. The minimum absolute atomic E-state index is 0.0804. The van der Waals surface area contributed by atoms with Gasteiger partial charge in [-0.15, -0.1) is 0 Å². The molecular weight excluding hydrogens is 176 g/mol. The minimum atomic E-state index is 0.0804. The van der Waals surface area contributed by atoms with Crippen molar-refractivity contribution in [1.82, 2.24) is 4.98 Å². The van der Waals surface area contributed by atoms with Gasteiger partial charge in [-0.2, -0.15) is 0 Å². The molecule has 0 aromatic carbocycles. The lowest BCUT2D eigenvalue weighted by atomic mass is 10.1. The van der Waals surface area contributed by atoms with Crippen LogP contribution in [-0.4, -0.2) is 23.0 Å². The lowest BCUT2D eigenvalue weighted by molar-refractivity contribution is 0.100. The predicted molar refractivity (Wildman–Crippen MR) is 56.8 cm³/mol. The molecule has 1 aromatic rings. The van der Waals surface area contributed by atoms with Crippen molar-refractivity contribution in [3.05, 3.63) is 30.1 Å². The van der Waals surface area contributed by atoms with Gasteiger partial charge >= 0.3 is 0 Å². The van der Waals surface area contributed by atoms with Crippen molar-refractivity contribution in [2.45, 2.75) is 26.3 Å². The quantitative estimate of drug-likeness (QED) is 0.539. The van der Waals surface area contributed by atoms with Gasteiger partial charge in [-0.05, 0) is 26.0 Å². The lowest BCUT2D eigenvalue weighted by Gasteiger charge is -1.96. The van der Waals surface area contributed by atoms with Gasteiger partial charge in [-0.1, -0.05) is 0 Å². The van der Waals surface area contributed by atoms with E-state index in [1.54, 1.807) is 30.7 Å². The minimum Gasteiger partial charge on any atom is -0.294 e. The third-order valence-electron chi connectivity index (χ3n) is 1.68. The Labute approximate surface area is 83.9 Å². The van der Waals surface area contributed by atoms with Crippen LogP contribution in [0.5, 0.6) is 0 Å². The highest BCUT2D eigenvalue weighted by Gasteiger charge is 2.02. The molecule has 0 aliphatic rings. The molecule has 0 saturated carbocycles. The summed E-state index contributed by atoms with van der Waals surface area (Å²) in [6, 6.07) is 3.68. The number of carbonyl (C=O) groups excluding carboxylic acids is 1. The number of ketones is 1. The van der Waals surface area contributed by atoms with Crippen LogP contribution >= 0.6 is 0 Å². The van der Waals surface area contributed by atoms with E-state index < -0.39 is 0 Å². The van der Waals surface area contributed by atoms with E-state index in [9.17, 15) is 4.79 Å². The molecule has 0 aliphatic carbocycles. The zero-order valence-corrected chi connectivity index (χ0v) is 8.47. The maximum Gasteiger partial charge on any atom is 0.168 e. The standard InChI is InChI=1S/C11H14N2O/c1-9(2)13-8-5-11(14)10-3-6-12-7-4-10/h3-4,6-9H,5H2,1-2H3. The Hall–Kier alpha value is -1.51. The second kappa shape index (κ2) is 5.27. The molecule has 14 heavy (non-hydrogen) atoms. The average Bonchev–Trinajstić information content (AvgIpc) is 2.18. The average molecular weight is 190 g/mol. The van der Waals surface area contributed by atoms with Crippen molar-refractivity contribution < 1.29 is 4.79 Å². The predicted octanol–water partition coefficient (Wildman–Crippen LogP) is 2.13. The van der Waals surface area contributed by atoms with Gasteiger partial charge < -0.3 is 0 Å². The van der Waals surface area contributed by atoms with Crippen LogP contribution in [-0.2, 0) is 0 Å². The first-order valence-corrected chi connectivity index (χ1v) is 4.65. The summed E-state index contributed by atoms with van der Waals surface area (Å²) in [4.78, 5) is 19.5. The first-order chi connectivity index (χ1) is 6.70. The van der Waals surface area contributed by atoms with Crippen LogP contribution in [0, 0.1) is 0 Å². The fourth-order valence-corrected chi connectivity index (χ4v) is 1.00. The van der Waals surface area contributed by atoms with Crippen LogP contribution in [0.4, 0.5) is 0 Å². The Bertz CT molecular complexity index is 317. The van der Waals surface area contributed by atoms with Gasteiger partial charge in [0.1, 0.15) is 0 Å². The molecule has 1 rings (SSSR count). The Morgan fingerprint density at radius 1 is 1.50 bits per heavy atom. The van der Waals surface area contributed by atoms with E-state index in [4.69, 9.17) is 0 Å². The number of carbonyl (C=O) groups is 1. The molecule has 0 radical (unpaired) electrons. The maximum atomic E-state index is 11.5. The number of pyridine rings is 1. The molecular formula is C11H14N2O. The SMILES string of the molecule is CC(C)N=CCC(=O)c1ccncc1. The van der Waals surface area contributed by atoms with E-state index in [0.29, 0.717) is 12.0 Å². The van der Waals surface area contributed by atoms with Crippen molar-refractivity contribution in [3.8, 4) is 0 Å². The summed E-state index contributed by atoms with van der Waals surface area (Å²) in [7, 11) is 0. The summed E-state index contributed by atoms with van der Waals surface area (Å²) in [5, 5.41) is 0. The van der Waals surface area contributed by atoms with Gasteiger partial charge in [0.15, 0.2) is 5.78 Å². The van der Waals surface area contributed by atoms with Gasteiger partial charge in [0.25, 0.3) is 0 Å². The largest absolute Gasteiger partial charge is 0.294 e. The van der Waals surface area contributed by atoms with Crippen molar-refractivity contribution in [3.63, 3.8) is 0 Å². The van der Waals surface area contributed by atoms with Crippen LogP contribution < -0.4 is 0 Å². The number of hydrogen-bond donors (Lipinski definition) is 0. The Morgan fingerprint density at radius 3 is 2.71 bits per heavy atom. The molecule has 0 amide bonds. The van der Waals surface area contributed by atoms with Crippen LogP contribution in [0.2, 0.25) is 0 Å². The van der Waals surface area contributed by atoms with Crippen molar-refractivity contribution >= 4 is 12.0 Å². The zero-order valence-electron chi connectivity index (χ0n) is 8.47. The van der Waals surface area contributed by atoms with Gasteiger partial charge in [0.2, 0.25) is 0 Å². The monoisotopic (exact) mass is 190 g/mol. The molecule has 74 valence electrons. The molecule has 0 fully saturated rings. The summed E-state index contributed by atoms with van der Waals surface area (Å²) in [6.45, 7) is 3.96. The number of nitrogens with zero attached hydrogens (tertiary/aromatic N) is 2. The smallest absolute Gasteiger partial charge is 0.168 e. The van der Waals surface area contributed by atoms with E-state index in [0.717, 1.165) is 0 Å². The molecule has 3 nitrogen and oxygen atoms in total. The van der Waals surface area contributed by atoms with Gasteiger partial charge in [0, 0.05) is 36.6 Å². The molecule has 0 saturated heterocycles. The number of hydrogen-bond acceptors (Lipinski definition) is 3. The summed E-state index contributed by atoms with van der Waals surface area (Å²) in [5.41, 5.74) is 0.690. The summed E-state index contributed by atoms with van der Waals surface area (Å²) < 4.78 is 0. The lowest BCUT2D eigenvalue weighted by Crippen LogP contribution is -2.00. The van der Waals surface area contributed by atoms with E-state index in [1.165, 1.54) is 0 Å². The van der Waals surface area contributed by atoms with Crippen LogP contribution in [0.1, 0.15) is 30.6 Å². The van der Waals surface area contributed by atoms with Crippen molar-refractivity contribution in [2.24, 2.45) is 4.99 Å². The van der Waals surface area contributed by atoms with E-state index in [1.807, 2.05) is 13.8 Å².